The Balaban J connectivity index is 3.28. The molecule has 0 fully saturated rings. The van der Waals surface area contributed by atoms with Crippen LogP contribution < -0.4 is 5.32 Å². The predicted octanol–water partition coefficient (Wildman–Crippen LogP) is 1.26. The number of methoxy groups -OCH3 is 1. The van der Waals surface area contributed by atoms with Crippen molar-refractivity contribution in [1.82, 2.24) is 10.2 Å². The summed E-state index contributed by atoms with van der Waals surface area (Å²) in [4.78, 5) is 13.2. The van der Waals surface area contributed by atoms with Crippen LogP contribution in [-0.2, 0) is 9.53 Å². The standard InChI is InChI=1S/C12H26N2O2/c1-4-10-14(5-2)11-9-13-8-6-7-12(15)16-3/h13H,4-11H2,1-3H3. The lowest BCUT2D eigenvalue weighted by molar-refractivity contribution is -0.140. The number of likely N-dealkylation sites (N-methyl/N-ethyl adjacent to an activating group) is 1. The van der Waals surface area contributed by atoms with Gasteiger partial charge in [-0.3, -0.25) is 4.79 Å². The molecular formula is C12H26N2O2. The van der Waals surface area contributed by atoms with E-state index in [1.54, 1.807) is 0 Å². The lowest BCUT2D eigenvalue weighted by atomic mass is 10.3. The molecule has 0 unspecified atom stereocenters. The quantitative estimate of drug-likeness (QED) is 0.453. The lowest BCUT2D eigenvalue weighted by Gasteiger charge is -2.19. The summed E-state index contributed by atoms with van der Waals surface area (Å²) in [6, 6.07) is 0. The highest BCUT2D eigenvalue weighted by Crippen LogP contribution is 1.91. The first kappa shape index (κ1) is 15.4. The van der Waals surface area contributed by atoms with Gasteiger partial charge in [-0.1, -0.05) is 13.8 Å². The summed E-state index contributed by atoms with van der Waals surface area (Å²) in [7, 11) is 1.43. The summed E-state index contributed by atoms with van der Waals surface area (Å²) in [5.41, 5.74) is 0. The van der Waals surface area contributed by atoms with Crippen LogP contribution in [0.1, 0.15) is 33.1 Å². The maximum absolute atomic E-state index is 10.8. The van der Waals surface area contributed by atoms with Crippen molar-refractivity contribution in [3.8, 4) is 0 Å². The van der Waals surface area contributed by atoms with Gasteiger partial charge in [-0.05, 0) is 32.5 Å². The second-order valence-electron chi connectivity index (χ2n) is 3.86. The molecule has 0 atom stereocenters. The van der Waals surface area contributed by atoms with Gasteiger partial charge in [-0.15, -0.1) is 0 Å². The van der Waals surface area contributed by atoms with E-state index >= 15 is 0 Å². The van der Waals surface area contributed by atoms with Crippen LogP contribution in [0.3, 0.4) is 0 Å². The number of nitrogens with zero attached hydrogens (tertiary/aromatic N) is 1. The van der Waals surface area contributed by atoms with Crippen LogP contribution in [0.2, 0.25) is 0 Å². The Hall–Kier alpha value is -0.610. The van der Waals surface area contributed by atoms with Crippen LogP contribution in [-0.4, -0.2) is 50.7 Å². The fourth-order valence-corrected chi connectivity index (χ4v) is 1.57. The average Bonchev–Trinajstić information content (AvgIpc) is 2.31. The van der Waals surface area contributed by atoms with Gasteiger partial charge in [0.25, 0.3) is 0 Å². The molecular weight excluding hydrogens is 204 g/mol. The van der Waals surface area contributed by atoms with Gasteiger partial charge in [-0.2, -0.15) is 0 Å². The van der Waals surface area contributed by atoms with Gasteiger partial charge >= 0.3 is 5.97 Å². The number of rotatable bonds is 10. The molecule has 0 heterocycles. The molecule has 0 aliphatic carbocycles. The van der Waals surface area contributed by atoms with Gasteiger partial charge in [0.2, 0.25) is 0 Å². The maximum atomic E-state index is 10.8. The second kappa shape index (κ2) is 10.9. The zero-order valence-corrected chi connectivity index (χ0v) is 10.9. The Bertz CT molecular complexity index is 174. The number of hydrogen-bond donors (Lipinski definition) is 1. The maximum Gasteiger partial charge on any atom is 0.305 e. The second-order valence-corrected chi connectivity index (χ2v) is 3.86. The normalized spacial score (nSPS) is 10.8. The van der Waals surface area contributed by atoms with Crippen LogP contribution in [0.5, 0.6) is 0 Å². The zero-order chi connectivity index (χ0) is 12.2. The molecule has 0 saturated heterocycles. The first-order valence-corrected chi connectivity index (χ1v) is 6.24. The third-order valence-corrected chi connectivity index (χ3v) is 2.55. The largest absolute Gasteiger partial charge is 0.469 e. The average molecular weight is 230 g/mol. The van der Waals surface area contributed by atoms with Gasteiger partial charge in [0.1, 0.15) is 0 Å². The highest BCUT2D eigenvalue weighted by atomic mass is 16.5. The zero-order valence-electron chi connectivity index (χ0n) is 10.9. The number of hydrogen-bond acceptors (Lipinski definition) is 4. The van der Waals surface area contributed by atoms with Crippen molar-refractivity contribution < 1.29 is 9.53 Å². The minimum atomic E-state index is -0.122. The van der Waals surface area contributed by atoms with Crippen molar-refractivity contribution in [3.05, 3.63) is 0 Å². The number of ether oxygens (including phenoxy) is 1. The molecule has 96 valence electrons. The number of nitrogens with one attached hydrogen (secondary N) is 1. The van der Waals surface area contributed by atoms with E-state index in [-0.39, 0.29) is 5.97 Å². The highest BCUT2D eigenvalue weighted by Gasteiger charge is 2.01. The van der Waals surface area contributed by atoms with E-state index in [1.165, 1.54) is 20.1 Å². The van der Waals surface area contributed by atoms with E-state index in [2.05, 4.69) is 28.8 Å². The Morgan fingerprint density at radius 2 is 2.00 bits per heavy atom. The molecule has 0 radical (unpaired) electrons. The molecule has 1 N–H and O–H groups in total. The lowest BCUT2D eigenvalue weighted by Crippen LogP contribution is -2.33. The molecule has 0 bridgehead atoms. The summed E-state index contributed by atoms with van der Waals surface area (Å²) in [6.07, 6.45) is 2.57. The van der Waals surface area contributed by atoms with Crippen LogP contribution >= 0.6 is 0 Å². The first-order chi connectivity index (χ1) is 7.74. The summed E-state index contributed by atoms with van der Waals surface area (Å²) < 4.78 is 4.57. The molecule has 0 amide bonds. The van der Waals surface area contributed by atoms with Gasteiger partial charge < -0.3 is 15.0 Å². The highest BCUT2D eigenvalue weighted by molar-refractivity contribution is 5.68. The van der Waals surface area contributed by atoms with E-state index in [0.717, 1.165) is 32.6 Å². The fourth-order valence-electron chi connectivity index (χ4n) is 1.57. The molecule has 4 nitrogen and oxygen atoms in total. The number of carbonyl (C=O) groups is 1. The fraction of sp³-hybridized carbons (Fsp3) is 0.917. The first-order valence-electron chi connectivity index (χ1n) is 6.24. The molecule has 4 heteroatoms. The molecule has 0 aliphatic heterocycles. The monoisotopic (exact) mass is 230 g/mol. The third-order valence-electron chi connectivity index (χ3n) is 2.55. The van der Waals surface area contributed by atoms with Crippen molar-refractivity contribution in [2.75, 3.05) is 39.8 Å². The van der Waals surface area contributed by atoms with E-state index in [9.17, 15) is 4.79 Å². The van der Waals surface area contributed by atoms with Crippen molar-refractivity contribution in [2.45, 2.75) is 33.1 Å². The minimum absolute atomic E-state index is 0.122. The summed E-state index contributed by atoms with van der Waals surface area (Å²) in [5, 5.41) is 3.34. The summed E-state index contributed by atoms with van der Waals surface area (Å²) >= 11 is 0. The predicted molar refractivity (Wildman–Crippen MR) is 66.5 cm³/mol. The molecule has 0 aliphatic rings. The molecule has 16 heavy (non-hydrogen) atoms. The minimum Gasteiger partial charge on any atom is -0.469 e. The van der Waals surface area contributed by atoms with Gasteiger partial charge in [0.05, 0.1) is 7.11 Å². The molecule has 0 saturated carbocycles. The van der Waals surface area contributed by atoms with Crippen molar-refractivity contribution in [2.24, 2.45) is 0 Å². The van der Waals surface area contributed by atoms with Crippen molar-refractivity contribution in [1.29, 1.82) is 0 Å². The third kappa shape index (κ3) is 8.68. The smallest absolute Gasteiger partial charge is 0.305 e. The summed E-state index contributed by atoms with van der Waals surface area (Å²) in [6.45, 7) is 9.63. The number of esters is 1. The van der Waals surface area contributed by atoms with Crippen LogP contribution in [0.15, 0.2) is 0 Å². The Morgan fingerprint density at radius 3 is 2.56 bits per heavy atom. The summed E-state index contributed by atoms with van der Waals surface area (Å²) in [5.74, 6) is -0.122. The van der Waals surface area contributed by atoms with E-state index in [1.807, 2.05) is 0 Å². The van der Waals surface area contributed by atoms with E-state index < -0.39 is 0 Å². The van der Waals surface area contributed by atoms with E-state index in [4.69, 9.17) is 0 Å². The topological polar surface area (TPSA) is 41.6 Å². The Labute approximate surface area is 99.3 Å². The molecule has 0 aromatic carbocycles. The molecule has 0 aromatic rings. The number of carbonyl (C=O) groups excluding carboxylic acids is 1. The van der Waals surface area contributed by atoms with E-state index in [0.29, 0.717) is 6.42 Å². The van der Waals surface area contributed by atoms with Crippen molar-refractivity contribution >= 4 is 5.97 Å². The van der Waals surface area contributed by atoms with Gasteiger partial charge in [0, 0.05) is 19.5 Å². The Morgan fingerprint density at radius 1 is 1.25 bits per heavy atom. The van der Waals surface area contributed by atoms with Crippen molar-refractivity contribution in [3.63, 3.8) is 0 Å². The molecule has 0 spiro atoms. The molecule has 0 aromatic heterocycles. The Kier molecular flexibility index (Phi) is 10.5. The SMILES string of the molecule is CCCN(CC)CCNCCCC(=O)OC. The van der Waals surface area contributed by atoms with Crippen LogP contribution in [0.4, 0.5) is 0 Å². The van der Waals surface area contributed by atoms with Crippen LogP contribution in [0.25, 0.3) is 0 Å². The van der Waals surface area contributed by atoms with Crippen LogP contribution in [0, 0.1) is 0 Å². The van der Waals surface area contributed by atoms with Gasteiger partial charge in [-0.25, -0.2) is 0 Å². The molecule has 0 rings (SSSR count). The van der Waals surface area contributed by atoms with Gasteiger partial charge in [0.15, 0.2) is 0 Å².